The number of nitrogens with zero attached hydrogens (tertiary/aromatic N) is 1. The molecule has 0 radical (unpaired) electrons. The summed E-state index contributed by atoms with van der Waals surface area (Å²) < 4.78 is 0. The average molecular weight is 226 g/mol. The fourth-order valence-electron chi connectivity index (χ4n) is 1.51. The van der Waals surface area contributed by atoms with Gasteiger partial charge < -0.3 is 11.1 Å². The van der Waals surface area contributed by atoms with Gasteiger partial charge in [0.25, 0.3) is 0 Å². The first-order valence-corrected chi connectivity index (χ1v) is 5.61. The Hall–Kier alpha value is -0.800. The van der Waals surface area contributed by atoms with Crippen molar-refractivity contribution in [2.24, 2.45) is 5.73 Å². The largest absolute Gasteiger partial charge is 0.368 e. The molecule has 1 aromatic rings. The molecule has 1 aliphatic rings. The molecular weight excluding hydrogens is 210 g/mol. The number of halogens is 1. The molecule has 0 aliphatic heterocycles. The highest BCUT2D eigenvalue weighted by Gasteiger charge is 2.41. The summed E-state index contributed by atoms with van der Waals surface area (Å²) in [5, 5.41) is 3.93. The second kappa shape index (κ2) is 3.65. The Labute approximate surface area is 95.0 Å². The van der Waals surface area contributed by atoms with Crippen LogP contribution < -0.4 is 11.1 Å². The first kappa shape index (κ1) is 10.7. The summed E-state index contributed by atoms with van der Waals surface area (Å²) in [6.45, 7) is 4.13. The number of hydrogen-bond acceptors (Lipinski definition) is 3. The van der Waals surface area contributed by atoms with Crippen LogP contribution in [-0.2, 0) is 5.54 Å². The Kier molecular flexibility index (Phi) is 2.61. The zero-order valence-electron chi connectivity index (χ0n) is 9.05. The van der Waals surface area contributed by atoms with Crippen molar-refractivity contribution in [2.45, 2.75) is 38.3 Å². The Morgan fingerprint density at radius 1 is 1.47 bits per heavy atom. The zero-order valence-corrected chi connectivity index (χ0v) is 9.80. The van der Waals surface area contributed by atoms with Gasteiger partial charge in [-0.25, -0.2) is 4.98 Å². The smallest absolute Gasteiger partial charge is 0.127 e. The third-order valence-corrected chi connectivity index (χ3v) is 2.74. The minimum atomic E-state index is -0.224. The SMILES string of the molecule is CC(C)Nc1cc(Cl)cc(C2(N)CC2)n1. The second-order valence-electron chi connectivity index (χ2n) is 4.51. The molecule has 0 bridgehead atoms. The van der Waals surface area contributed by atoms with Crippen molar-refractivity contribution in [3.63, 3.8) is 0 Å². The third kappa shape index (κ3) is 2.41. The average Bonchev–Trinajstić information content (AvgIpc) is 2.82. The topological polar surface area (TPSA) is 50.9 Å². The van der Waals surface area contributed by atoms with E-state index in [1.165, 1.54) is 0 Å². The number of anilines is 1. The van der Waals surface area contributed by atoms with Gasteiger partial charge in [0.05, 0.1) is 11.2 Å². The number of hydrogen-bond donors (Lipinski definition) is 2. The molecule has 82 valence electrons. The van der Waals surface area contributed by atoms with Crippen molar-refractivity contribution in [2.75, 3.05) is 5.32 Å². The van der Waals surface area contributed by atoms with E-state index < -0.39 is 0 Å². The van der Waals surface area contributed by atoms with Crippen LogP contribution in [0.2, 0.25) is 5.02 Å². The van der Waals surface area contributed by atoms with E-state index in [0.29, 0.717) is 11.1 Å². The van der Waals surface area contributed by atoms with Gasteiger partial charge >= 0.3 is 0 Å². The molecule has 1 fully saturated rings. The van der Waals surface area contributed by atoms with Crippen molar-refractivity contribution in [3.8, 4) is 0 Å². The summed E-state index contributed by atoms with van der Waals surface area (Å²) >= 11 is 6.03. The van der Waals surface area contributed by atoms with Gasteiger partial charge in [0.1, 0.15) is 5.82 Å². The van der Waals surface area contributed by atoms with Gasteiger partial charge in [0.2, 0.25) is 0 Å². The van der Waals surface area contributed by atoms with E-state index in [0.717, 1.165) is 24.4 Å². The monoisotopic (exact) mass is 225 g/mol. The van der Waals surface area contributed by atoms with E-state index >= 15 is 0 Å². The summed E-state index contributed by atoms with van der Waals surface area (Å²) in [7, 11) is 0. The van der Waals surface area contributed by atoms with E-state index in [9.17, 15) is 0 Å². The molecule has 3 nitrogen and oxygen atoms in total. The van der Waals surface area contributed by atoms with Crippen LogP contribution in [0.5, 0.6) is 0 Å². The third-order valence-electron chi connectivity index (χ3n) is 2.53. The van der Waals surface area contributed by atoms with Crippen molar-refractivity contribution in [1.82, 2.24) is 4.98 Å². The first-order valence-electron chi connectivity index (χ1n) is 5.23. The van der Waals surface area contributed by atoms with E-state index in [1.54, 1.807) is 0 Å². The molecule has 15 heavy (non-hydrogen) atoms. The predicted octanol–water partition coefficient (Wildman–Crippen LogP) is 2.50. The molecule has 0 aromatic carbocycles. The fraction of sp³-hybridized carbons (Fsp3) is 0.545. The van der Waals surface area contributed by atoms with Gasteiger partial charge in [-0.05, 0) is 38.8 Å². The molecule has 0 amide bonds. The minimum Gasteiger partial charge on any atom is -0.368 e. The van der Waals surface area contributed by atoms with Gasteiger partial charge in [-0.1, -0.05) is 11.6 Å². The number of aromatic nitrogens is 1. The maximum absolute atomic E-state index is 6.09. The van der Waals surface area contributed by atoms with Crippen LogP contribution >= 0.6 is 11.6 Å². The summed E-state index contributed by atoms with van der Waals surface area (Å²) in [6, 6.07) is 4.04. The molecule has 0 unspecified atom stereocenters. The summed E-state index contributed by atoms with van der Waals surface area (Å²) in [6.07, 6.45) is 2.00. The molecule has 2 rings (SSSR count). The molecule has 0 spiro atoms. The molecule has 4 heteroatoms. The highest BCUT2D eigenvalue weighted by Crippen LogP contribution is 2.42. The van der Waals surface area contributed by atoms with Gasteiger partial charge in [0, 0.05) is 11.1 Å². The summed E-state index contributed by atoms with van der Waals surface area (Å²) in [5.74, 6) is 0.809. The van der Waals surface area contributed by atoms with E-state index in [1.807, 2.05) is 12.1 Å². The fourth-order valence-corrected chi connectivity index (χ4v) is 1.72. The van der Waals surface area contributed by atoms with Crippen LogP contribution in [0.4, 0.5) is 5.82 Å². The van der Waals surface area contributed by atoms with Gasteiger partial charge in [-0.15, -0.1) is 0 Å². The lowest BCUT2D eigenvalue weighted by atomic mass is 10.2. The molecule has 0 atom stereocenters. The Balaban J connectivity index is 2.28. The van der Waals surface area contributed by atoms with Crippen molar-refractivity contribution in [1.29, 1.82) is 0 Å². The Morgan fingerprint density at radius 3 is 2.67 bits per heavy atom. The minimum absolute atomic E-state index is 0.224. The molecule has 0 saturated heterocycles. The second-order valence-corrected chi connectivity index (χ2v) is 4.95. The number of rotatable bonds is 3. The van der Waals surface area contributed by atoms with E-state index in [4.69, 9.17) is 17.3 Å². The predicted molar refractivity (Wildman–Crippen MR) is 63.1 cm³/mol. The zero-order chi connectivity index (χ0) is 11.1. The Morgan fingerprint density at radius 2 is 2.13 bits per heavy atom. The molecule has 1 aromatic heterocycles. The summed E-state index contributed by atoms with van der Waals surface area (Å²) in [5.41, 5.74) is 6.76. The number of nitrogens with one attached hydrogen (secondary N) is 1. The first-order chi connectivity index (χ1) is 6.99. The van der Waals surface area contributed by atoms with Gasteiger partial charge in [-0.3, -0.25) is 0 Å². The van der Waals surface area contributed by atoms with E-state index in [2.05, 4.69) is 24.1 Å². The summed E-state index contributed by atoms with van der Waals surface area (Å²) in [4.78, 5) is 4.49. The van der Waals surface area contributed by atoms with E-state index in [-0.39, 0.29) is 5.54 Å². The lowest BCUT2D eigenvalue weighted by Crippen LogP contribution is -2.21. The van der Waals surface area contributed by atoms with Crippen molar-refractivity contribution < 1.29 is 0 Å². The molecule has 3 N–H and O–H groups in total. The van der Waals surface area contributed by atoms with Gasteiger partial charge in [0.15, 0.2) is 0 Å². The van der Waals surface area contributed by atoms with Crippen LogP contribution in [0, 0.1) is 0 Å². The highest BCUT2D eigenvalue weighted by atomic mass is 35.5. The number of nitrogens with two attached hydrogens (primary N) is 1. The van der Waals surface area contributed by atoms with Gasteiger partial charge in [-0.2, -0.15) is 0 Å². The molecule has 1 aliphatic carbocycles. The van der Waals surface area contributed by atoms with Crippen LogP contribution in [0.15, 0.2) is 12.1 Å². The normalized spacial score (nSPS) is 17.9. The Bertz CT molecular complexity index is 372. The standard InChI is InChI=1S/C11H16ClN3/c1-7(2)14-10-6-8(12)5-9(15-10)11(13)3-4-11/h5-7H,3-4,13H2,1-2H3,(H,14,15). The van der Waals surface area contributed by atoms with Crippen molar-refractivity contribution in [3.05, 3.63) is 22.8 Å². The molecular formula is C11H16ClN3. The lowest BCUT2D eigenvalue weighted by molar-refractivity contribution is 0.707. The lowest BCUT2D eigenvalue weighted by Gasteiger charge is -2.14. The maximum atomic E-state index is 6.09. The molecule has 1 saturated carbocycles. The number of pyridine rings is 1. The van der Waals surface area contributed by atoms with Crippen LogP contribution in [0.25, 0.3) is 0 Å². The van der Waals surface area contributed by atoms with Crippen LogP contribution in [0.1, 0.15) is 32.4 Å². The van der Waals surface area contributed by atoms with Crippen molar-refractivity contribution >= 4 is 17.4 Å². The quantitative estimate of drug-likeness (QED) is 0.831. The molecule has 1 heterocycles. The highest BCUT2D eigenvalue weighted by molar-refractivity contribution is 6.30. The van der Waals surface area contributed by atoms with Crippen LogP contribution in [-0.4, -0.2) is 11.0 Å². The van der Waals surface area contributed by atoms with Crippen LogP contribution in [0.3, 0.4) is 0 Å². The maximum Gasteiger partial charge on any atom is 0.127 e.